The molecule has 3 aromatic carbocycles. The Balaban J connectivity index is 1.59. The number of rotatable bonds is 3. The Morgan fingerprint density at radius 3 is 2.13 bits per heavy atom. The lowest BCUT2D eigenvalue weighted by atomic mass is 9.90. The topological polar surface area (TPSA) is 49.9 Å². The summed E-state index contributed by atoms with van der Waals surface area (Å²) in [6.45, 7) is 3.91. The van der Waals surface area contributed by atoms with E-state index in [9.17, 15) is 9.59 Å². The van der Waals surface area contributed by atoms with Gasteiger partial charge in [0.15, 0.2) is 6.10 Å². The van der Waals surface area contributed by atoms with Gasteiger partial charge in [0.25, 0.3) is 5.91 Å². The highest BCUT2D eigenvalue weighted by molar-refractivity contribution is 6.24. The van der Waals surface area contributed by atoms with E-state index in [1.54, 1.807) is 5.06 Å². The van der Waals surface area contributed by atoms with Crippen LogP contribution in [-0.4, -0.2) is 17.9 Å². The number of hydroxylamine groups is 1. The highest BCUT2D eigenvalue weighted by Gasteiger charge is 2.60. The molecule has 3 aromatic rings. The van der Waals surface area contributed by atoms with Crippen molar-refractivity contribution in [3.8, 4) is 0 Å². The zero-order chi connectivity index (χ0) is 20.8. The molecular formula is C25H22N2O3. The minimum atomic E-state index is -0.844. The molecule has 0 bridgehead atoms. The van der Waals surface area contributed by atoms with E-state index >= 15 is 0 Å². The molecule has 30 heavy (non-hydrogen) atoms. The molecular weight excluding hydrogens is 376 g/mol. The molecule has 2 aliphatic heterocycles. The van der Waals surface area contributed by atoms with Crippen LogP contribution in [0, 0.1) is 19.8 Å². The third-order valence-corrected chi connectivity index (χ3v) is 5.86. The minimum absolute atomic E-state index is 0.218. The zero-order valence-electron chi connectivity index (χ0n) is 16.9. The normalized spacial score (nSPS) is 23.2. The monoisotopic (exact) mass is 398 g/mol. The second-order valence-corrected chi connectivity index (χ2v) is 7.87. The Hall–Kier alpha value is -3.44. The molecule has 2 fully saturated rings. The van der Waals surface area contributed by atoms with Crippen molar-refractivity contribution in [1.29, 1.82) is 0 Å². The number of nitrogens with zero attached hydrogens (tertiary/aromatic N) is 2. The fourth-order valence-corrected chi connectivity index (χ4v) is 4.50. The first-order valence-corrected chi connectivity index (χ1v) is 10.1. The van der Waals surface area contributed by atoms with Crippen LogP contribution in [0.2, 0.25) is 0 Å². The van der Waals surface area contributed by atoms with E-state index in [4.69, 9.17) is 4.84 Å². The average molecular weight is 398 g/mol. The highest BCUT2D eigenvalue weighted by Crippen LogP contribution is 2.47. The minimum Gasteiger partial charge on any atom is -0.273 e. The molecule has 2 amide bonds. The van der Waals surface area contributed by atoms with Crippen molar-refractivity contribution in [1.82, 2.24) is 0 Å². The van der Waals surface area contributed by atoms with Gasteiger partial charge in [-0.25, -0.2) is 9.96 Å². The lowest BCUT2D eigenvalue weighted by Crippen LogP contribution is -2.37. The number of imide groups is 1. The predicted molar refractivity (Wildman–Crippen MR) is 115 cm³/mol. The number of amides is 2. The van der Waals surface area contributed by atoms with E-state index in [2.05, 4.69) is 0 Å². The van der Waals surface area contributed by atoms with E-state index in [0.29, 0.717) is 5.69 Å². The Labute approximate surface area is 175 Å². The van der Waals surface area contributed by atoms with Gasteiger partial charge in [0.2, 0.25) is 5.91 Å². The zero-order valence-corrected chi connectivity index (χ0v) is 16.9. The summed E-state index contributed by atoms with van der Waals surface area (Å²) in [7, 11) is 0. The number of hydrogen-bond donors (Lipinski definition) is 0. The molecule has 0 unspecified atom stereocenters. The van der Waals surface area contributed by atoms with Crippen LogP contribution in [0.5, 0.6) is 0 Å². The van der Waals surface area contributed by atoms with E-state index in [-0.39, 0.29) is 17.9 Å². The number of carbonyl (C=O) groups excluding carboxylic acids is 2. The molecule has 0 saturated carbocycles. The molecule has 150 valence electrons. The standard InChI is InChI=1S/C25H22N2O3/c1-16-13-14-20(17(2)15-16)26-24(28)21-22(18-9-5-3-6-10-18)27(30-23(21)25(26)29)19-11-7-4-8-12-19/h3-15,21-23H,1-2H3/t21-,22+,23-/m0/s1. The molecule has 5 heteroatoms. The van der Waals surface area contributed by atoms with Gasteiger partial charge < -0.3 is 0 Å². The number of hydrogen-bond acceptors (Lipinski definition) is 4. The molecule has 2 aliphatic rings. The van der Waals surface area contributed by atoms with Crippen LogP contribution in [0.15, 0.2) is 78.9 Å². The molecule has 0 radical (unpaired) electrons. The average Bonchev–Trinajstić information content (AvgIpc) is 3.26. The van der Waals surface area contributed by atoms with E-state index in [1.165, 1.54) is 4.90 Å². The van der Waals surface area contributed by atoms with Gasteiger partial charge in [0, 0.05) is 0 Å². The summed E-state index contributed by atoms with van der Waals surface area (Å²) in [4.78, 5) is 34.4. The summed E-state index contributed by atoms with van der Waals surface area (Å²) in [5.41, 5.74) is 4.38. The first-order chi connectivity index (χ1) is 14.6. The van der Waals surface area contributed by atoms with Gasteiger partial charge in [-0.3, -0.25) is 14.4 Å². The Morgan fingerprint density at radius 2 is 1.47 bits per heavy atom. The molecule has 5 nitrogen and oxygen atoms in total. The molecule has 0 aromatic heterocycles. The quantitative estimate of drug-likeness (QED) is 0.616. The van der Waals surface area contributed by atoms with Crippen LogP contribution in [-0.2, 0) is 14.4 Å². The van der Waals surface area contributed by atoms with Gasteiger partial charge in [-0.1, -0.05) is 66.2 Å². The summed E-state index contributed by atoms with van der Waals surface area (Å²) in [6, 6.07) is 24.7. The van der Waals surface area contributed by atoms with Crippen molar-refractivity contribution >= 4 is 23.2 Å². The van der Waals surface area contributed by atoms with Gasteiger partial charge in [0.1, 0.15) is 5.92 Å². The summed E-state index contributed by atoms with van der Waals surface area (Å²) in [6.07, 6.45) is -0.844. The van der Waals surface area contributed by atoms with Gasteiger partial charge >= 0.3 is 0 Å². The van der Waals surface area contributed by atoms with Crippen LogP contribution in [0.1, 0.15) is 22.7 Å². The fourth-order valence-electron chi connectivity index (χ4n) is 4.50. The first-order valence-electron chi connectivity index (χ1n) is 10.1. The van der Waals surface area contributed by atoms with Crippen LogP contribution >= 0.6 is 0 Å². The number of carbonyl (C=O) groups is 2. The number of para-hydroxylation sites is 1. The smallest absolute Gasteiger partial charge is 0.266 e. The molecule has 0 aliphatic carbocycles. The van der Waals surface area contributed by atoms with Crippen LogP contribution in [0.25, 0.3) is 0 Å². The number of aryl methyl sites for hydroxylation is 2. The van der Waals surface area contributed by atoms with Gasteiger partial charge in [-0.15, -0.1) is 0 Å². The Bertz CT molecular complexity index is 1110. The molecule has 3 atom stereocenters. The Kier molecular flexibility index (Phi) is 4.40. The highest BCUT2D eigenvalue weighted by atomic mass is 16.7. The summed E-state index contributed by atoms with van der Waals surface area (Å²) < 4.78 is 0. The molecule has 5 rings (SSSR count). The van der Waals surface area contributed by atoms with E-state index in [1.807, 2.05) is 92.7 Å². The number of anilines is 2. The van der Waals surface area contributed by atoms with Gasteiger partial charge in [-0.2, -0.15) is 0 Å². The van der Waals surface area contributed by atoms with E-state index in [0.717, 1.165) is 22.4 Å². The van der Waals surface area contributed by atoms with Crippen LogP contribution in [0.3, 0.4) is 0 Å². The van der Waals surface area contributed by atoms with Crippen LogP contribution < -0.4 is 9.96 Å². The lowest BCUT2D eigenvalue weighted by Gasteiger charge is -2.29. The second kappa shape index (κ2) is 7.11. The summed E-state index contributed by atoms with van der Waals surface area (Å²) in [5, 5.41) is 1.72. The first kappa shape index (κ1) is 18.6. The van der Waals surface area contributed by atoms with Crippen molar-refractivity contribution in [3.05, 3.63) is 95.6 Å². The largest absolute Gasteiger partial charge is 0.273 e. The van der Waals surface area contributed by atoms with E-state index < -0.39 is 12.0 Å². The van der Waals surface area contributed by atoms with Crippen LogP contribution in [0.4, 0.5) is 11.4 Å². The second-order valence-electron chi connectivity index (χ2n) is 7.87. The van der Waals surface area contributed by atoms with Crippen molar-refractivity contribution in [3.63, 3.8) is 0 Å². The lowest BCUT2D eigenvalue weighted by molar-refractivity contribution is -0.126. The van der Waals surface area contributed by atoms with Gasteiger partial charge in [-0.05, 0) is 43.2 Å². The molecule has 0 N–H and O–H groups in total. The maximum Gasteiger partial charge on any atom is 0.266 e. The Morgan fingerprint density at radius 1 is 0.800 bits per heavy atom. The van der Waals surface area contributed by atoms with Crippen molar-refractivity contribution in [2.24, 2.45) is 5.92 Å². The third kappa shape index (κ3) is 2.82. The molecule has 2 heterocycles. The summed E-state index contributed by atoms with van der Waals surface area (Å²) in [5.74, 6) is -1.14. The third-order valence-electron chi connectivity index (χ3n) is 5.86. The maximum atomic E-state index is 13.6. The molecule has 0 spiro atoms. The van der Waals surface area contributed by atoms with Crippen molar-refractivity contribution in [2.75, 3.05) is 9.96 Å². The predicted octanol–water partition coefficient (Wildman–Crippen LogP) is 4.35. The number of fused-ring (bicyclic) bond motifs is 1. The summed E-state index contributed by atoms with van der Waals surface area (Å²) >= 11 is 0. The van der Waals surface area contributed by atoms with Gasteiger partial charge in [0.05, 0.1) is 17.4 Å². The van der Waals surface area contributed by atoms with Crippen molar-refractivity contribution in [2.45, 2.75) is 26.0 Å². The fraction of sp³-hybridized carbons (Fsp3) is 0.200. The number of benzene rings is 3. The SMILES string of the molecule is Cc1ccc(N2C(=O)[C@@H]3[C@H](ON(c4ccccc4)[C@@H]3c3ccccc3)C2=O)c(C)c1. The molecule has 2 saturated heterocycles. The van der Waals surface area contributed by atoms with Crippen molar-refractivity contribution < 1.29 is 14.4 Å². The maximum absolute atomic E-state index is 13.6.